The number of aromatic nitrogens is 5. The Kier molecular flexibility index (Phi) is 5.65. The van der Waals surface area contributed by atoms with Crippen LogP contribution in [0.25, 0.3) is 17.1 Å². The number of anilines is 1. The third-order valence-electron chi connectivity index (χ3n) is 6.68. The van der Waals surface area contributed by atoms with Gasteiger partial charge < -0.3 is 19.2 Å². The number of nitrogens with one attached hydrogen (secondary N) is 1. The van der Waals surface area contributed by atoms with Gasteiger partial charge in [-0.2, -0.15) is 0 Å². The largest absolute Gasteiger partial charge is 0.488 e. The van der Waals surface area contributed by atoms with Gasteiger partial charge in [-0.1, -0.05) is 13.5 Å². The number of benzene rings is 2. The van der Waals surface area contributed by atoms with E-state index in [1.807, 2.05) is 42.2 Å². The molecule has 0 bridgehead atoms. The summed E-state index contributed by atoms with van der Waals surface area (Å²) in [6.45, 7) is 6.22. The predicted octanol–water partition coefficient (Wildman–Crippen LogP) is 5.47. The number of halogens is 1. The van der Waals surface area contributed by atoms with Crippen molar-refractivity contribution in [3.8, 4) is 22.8 Å². The highest BCUT2D eigenvalue weighted by Crippen LogP contribution is 2.41. The molecule has 0 unspecified atom stereocenters. The van der Waals surface area contributed by atoms with Gasteiger partial charge in [0.15, 0.2) is 11.6 Å². The molecule has 1 saturated carbocycles. The Hall–Kier alpha value is -4.01. The van der Waals surface area contributed by atoms with E-state index in [9.17, 15) is 9.18 Å². The van der Waals surface area contributed by atoms with Crippen LogP contribution in [-0.4, -0.2) is 36.8 Å². The lowest BCUT2D eigenvalue weighted by Gasteiger charge is -2.24. The summed E-state index contributed by atoms with van der Waals surface area (Å²) >= 11 is 0. The molecule has 4 aromatic rings. The summed E-state index contributed by atoms with van der Waals surface area (Å²) < 4.78 is 24.9. The first-order valence-electron chi connectivity index (χ1n) is 11.6. The lowest BCUT2D eigenvalue weighted by molar-refractivity contribution is 0.102. The summed E-state index contributed by atoms with van der Waals surface area (Å²) in [6.07, 6.45) is 7.64. The number of aryl methyl sites for hydroxylation is 1. The first-order valence-corrected chi connectivity index (χ1v) is 11.6. The molecule has 1 amide bonds. The lowest BCUT2D eigenvalue weighted by atomic mass is 10.1. The number of ether oxygens (including phenoxy) is 1. The predicted molar refractivity (Wildman–Crippen MR) is 135 cm³/mol. The summed E-state index contributed by atoms with van der Waals surface area (Å²) in [5.74, 6) is 0.485. The van der Waals surface area contributed by atoms with Crippen molar-refractivity contribution in [3.63, 3.8) is 0 Å². The van der Waals surface area contributed by atoms with Crippen molar-refractivity contribution in [1.29, 1.82) is 0 Å². The smallest absolute Gasteiger partial charge is 0.258 e. The maximum atomic E-state index is 15.0. The fourth-order valence-electron chi connectivity index (χ4n) is 4.51. The van der Waals surface area contributed by atoms with Gasteiger partial charge >= 0.3 is 0 Å². The summed E-state index contributed by atoms with van der Waals surface area (Å²) in [5.41, 5.74) is 3.18. The molecule has 0 saturated heterocycles. The lowest BCUT2D eigenvalue weighted by Crippen LogP contribution is -2.32. The van der Waals surface area contributed by atoms with E-state index in [2.05, 4.69) is 20.5 Å². The number of rotatable bonds is 4. The normalized spacial score (nSPS) is 15.7. The van der Waals surface area contributed by atoms with Crippen molar-refractivity contribution >= 4 is 11.6 Å². The molecule has 2 aliphatic rings. The maximum absolute atomic E-state index is 15.0. The molecule has 1 fully saturated rings. The SMILES string of the molecule is C.Cc1cc(F)c(C(=O)Nc2cccc3c2OCC(C)(C)n2cnnc2-3)cc1-n1cnc(C2CC2)c1. The molecule has 6 rings (SSSR count). The zero-order valence-electron chi connectivity index (χ0n) is 19.7. The van der Waals surface area contributed by atoms with Crippen LogP contribution in [0, 0.1) is 12.7 Å². The van der Waals surface area contributed by atoms with E-state index in [0.29, 0.717) is 41.0 Å². The van der Waals surface area contributed by atoms with Crippen LogP contribution in [0.5, 0.6) is 5.75 Å². The molecule has 2 aromatic heterocycles. The van der Waals surface area contributed by atoms with Gasteiger partial charge in [0, 0.05) is 12.1 Å². The molecule has 186 valence electrons. The zero-order chi connectivity index (χ0) is 24.3. The molecular formula is C27H29FN6O2. The molecule has 1 aliphatic heterocycles. The van der Waals surface area contributed by atoms with Gasteiger partial charge in [-0.05, 0) is 63.4 Å². The van der Waals surface area contributed by atoms with Crippen molar-refractivity contribution in [2.75, 3.05) is 11.9 Å². The quantitative estimate of drug-likeness (QED) is 0.412. The monoisotopic (exact) mass is 488 g/mol. The molecule has 0 spiro atoms. The Morgan fingerprint density at radius 3 is 2.81 bits per heavy atom. The van der Waals surface area contributed by atoms with E-state index in [0.717, 1.165) is 24.1 Å². The van der Waals surface area contributed by atoms with E-state index in [-0.39, 0.29) is 18.5 Å². The number of amides is 1. The number of hydrogen-bond donors (Lipinski definition) is 1. The van der Waals surface area contributed by atoms with Crippen molar-refractivity contribution < 1.29 is 13.9 Å². The summed E-state index contributed by atoms with van der Waals surface area (Å²) in [6, 6.07) is 8.36. The molecule has 9 heteroatoms. The molecule has 3 heterocycles. The van der Waals surface area contributed by atoms with E-state index in [4.69, 9.17) is 4.74 Å². The molecule has 8 nitrogen and oxygen atoms in total. The molecule has 0 radical (unpaired) electrons. The molecule has 1 aliphatic carbocycles. The third-order valence-corrected chi connectivity index (χ3v) is 6.68. The minimum absolute atomic E-state index is 0. The third kappa shape index (κ3) is 3.94. The van der Waals surface area contributed by atoms with Crippen LogP contribution < -0.4 is 10.1 Å². The van der Waals surface area contributed by atoms with Crippen LogP contribution >= 0.6 is 0 Å². The van der Waals surface area contributed by atoms with E-state index >= 15 is 0 Å². The number of nitrogens with zero attached hydrogens (tertiary/aromatic N) is 5. The van der Waals surface area contributed by atoms with E-state index in [1.165, 1.54) is 6.07 Å². The van der Waals surface area contributed by atoms with Crippen molar-refractivity contribution in [3.05, 3.63) is 71.8 Å². The topological polar surface area (TPSA) is 86.9 Å². The van der Waals surface area contributed by atoms with Gasteiger partial charge in [0.05, 0.1) is 40.1 Å². The first-order chi connectivity index (χ1) is 16.8. The van der Waals surface area contributed by atoms with Crippen LogP contribution in [0.4, 0.5) is 10.1 Å². The summed E-state index contributed by atoms with van der Waals surface area (Å²) in [5, 5.41) is 11.2. The van der Waals surface area contributed by atoms with Crippen molar-refractivity contribution in [2.45, 2.75) is 52.5 Å². The van der Waals surface area contributed by atoms with E-state index in [1.54, 1.807) is 30.9 Å². The molecular weight excluding hydrogens is 459 g/mol. The number of carbonyl (C=O) groups excluding carboxylic acids is 1. The number of hydrogen-bond acceptors (Lipinski definition) is 5. The Labute approximate surface area is 209 Å². The van der Waals surface area contributed by atoms with Crippen LogP contribution in [0.1, 0.15) is 61.6 Å². The average molecular weight is 489 g/mol. The van der Waals surface area contributed by atoms with Gasteiger partial charge in [-0.25, -0.2) is 9.37 Å². The van der Waals surface area contributed by atoms with Gasteiger partial charge in [-0.3, -0.25) is 4.79 Å². The van der Waals surface area contributed by atoms with Gasteiger partial charge in [0.2, 0.25) is 0 Å². The fourth-order valence-corrected chi connectivity index (χ4v) is 4.51. The highest BCUT2D eigenvalue weighted by Gasteiger charge is 2.32. The molecule has 0 atom stereocenters. The Morgan fingerprint density at radius 2 is 2.03 bits per heavy atom. The highest BCUT2D eigenvalue weighted by molar-refractivity contribution is 6.06. The summed E-state index contributed by atoms with van der Waals surface area (Å²) in [7, 11) is 0. The second kappa shape index (κ2) is 8.58. The Morgan fingerprint density at radius 1 is 1.22 bits per heavy atom. The highest BCUT2D eigenvalue weighted by atomic mass is 19.1. The maximum Gasteiger partial charge on any atom is 0.258 e. The van der Waals surface area contributed by atoms with Crippen LogP contribution in [0.2, 0.25) is 0 Å². The minimum Gasteiger partial charge on any atom is -0.488 e. The van der Waals surface area contributed by atoms with Gasteiger partial charge in [0.1, 0.15) is 18.8 Å². The van der Waals surface area contributed by atoms with Gasteiger partial charge in [0.25, 0.3) is 5.91 Å². The zero-order valence-corrected chi connectivity index (χ0v) is 19.7. The summed E-state index contributed by atoms with van der Waals surface area (Å²) in [4.78, 5) is 17.8. The van der Waals surface area contributed by atoms with Crippen LogP contribution in [0.15, 0.2) is 49.2 Å². The number of imidazole rings is 1. The standard InChI is InChI=1S/C26H25FN6O2.CH4/c1-15-9-19(27)18(10-22(15)32-11-21(28-13-32)16-7-8-16)25(34)30-20-6-4-5-17-23(20)35-12-26(2,3)33-14-29-31-24(17)33;/h4-6,9-11,13-14,16H,7-8,12H2,1-3H3,(H,30,34);1H4. The van der Waals surface area contributed by atoms with Crippen molar-refractivity contribution in [1.82, 2.24) is 24.3 Å². The van der Waals surface area contributed by atoms with Crippen LogP contribution in [0.3, 0.4) is 0 Å². The molecule has 1 N–H and O–H groups in total. The fraction of sp³-hybridized carbons (Fsp3) is 0.333. The Bertz CT molecular complexity index is 1470. The second-order valence-electron chi connectivity index (χ2n) is 9.86. The average Bonchev–Trinajstić information content (AvgIpc) is 3.36. The Balaban J connectivity index is 0.00000267. The minimum atomic E-state index is -0.588. The number of carbonyl (C=O) groups is 1. The van der Waals surface area contributed by atoms with Crippen LogP contribution in [-0.2, 0) is 5.54 Å². The number of fused-ring (bicyclic) bond motifs is 3. The number of para-hydroxylation sites is 1. The molecule has 36 heavy (non-hydrogen) atoms. The molecule has 2 aromatic carbocycles. The van der Waals surface area contributed by atoms with Crippen molar-refractivity contribution in [2.24, 2.45) is 0 Å². The first kappa shape index (κ1) is 23.7. The second-order valence-corrected chi connectivity index (χ2v) is 9.86. The van der Waals surface area contributed by atoms with Gasteiger partial charge in [-0.15, -0.1) is 10.2 Å². The van der Waals surface area contributed by atoms with E-state index < -0.39 is 11.7 Å².